The number of esters is 1. The maximum Gasteiger partial charge on any atom is 0.331 e. The molecule has 0 aromatic carbocycles. The van der Waals surface area contributed by atoms with Crippen molar-refractivity contribution < 1.29 is 19.4 Å². The molecule has 2 fully saturated rings. The van der Waals surface area contributed by atoms with E-state index >= 15 is 0 Å². The molecule has 3 rings (SSSR count). The molecule has 0 aliphatic heterocycles. The molecule has 4 heteroatoms. The molecule has 0 spiro atoms. The summed E-state index contributed by atoms with van der Waals surface area (Å²) in [6.07, 6.45) is 10.7. The smallest absolute Gasteiger partial charge is 0.331 e. The average molecular weight is 262 g/mol. The summed E-state index contributed by atoms with van der Waals surface area (Å²) < 4.78 is 5.37. The van der Waals surface area contributed by atoms with Crippen molar-refractivity contribution in [2.75, 3.05) is 0 Å². The van der Waals surface area contributed by atoms with Crippen molar-refractivity contribution in [1.82, 2.24) is 0 Å². The molecule has 4 nitrogen and oxygen atoms in total. The van der Waals surface area contributed by atoms with Gasteiger partial charge in [0, 0.05) is 12.2 Å². The van der Waals surface area contributed by atoms with Crippen LogP contribution in [-0.2, 0) is 14.3 Å². The Kier molecular flexibility index (Phi) is 3.17. The fourth-order valence-corrected chi connectivity index (χ4v) is 4.16. The zero-order valence-electron chi connectivity index (χ0n) is 10.7. The zero-order valence-corrected chi connectivity index (χ0v) is 10.7. The molecule has 0 aromatic rings. The van der Waals surface area contributed by atoms with Gasteiger partial charge in [-0.15, -0.1) is 0 Å². The number of carbonyl (C=O) groups excluding carboxylic acids is 1. The summed E-state index contributed by atoms with van der Waals surface area (Å²) in [5.41, 5.74) is 0. The van der Waals surface area contributed by atoms with Gasteiger partial charge in [-0.2, -0.15) is 0 Å². The van der Waals surface area contributed by atoms with Crippen molar-refractivity contribution in [1.29, 1.82) is 0 Å². The summed E-state index contributed by atoms with van der Waals surface area (Å²) in [4.78, 5) is 21.9. The molecule has 5 unspecified atom stereocenters. The molecule has 5 atom stereocenters. The van der Waals surface area contributed by atoms with Crippen molar-refractivity contribution in [2.24, 2.45) is 23.7 Å². The molecule has 0 radical (unpaired) electrons. The highest BCUT2D eigenvalue weighted by molar-refractivity contribution is 5.90. The summed E-state index contributed by atoms with van der Waals surface area (Å²) >= 11 is 0. The van der Waals surface area contributed by atoms with Gasteiger partial charge in [0.05, 0.1) is 0 Å². The van der Waals surface area contributed by atoms with Gasteiger partial charge in [-0.25, -0.2) is 9.59 Å². The van der Waals surface area contributed by atoms with Crippen LogP contribution >= 0.6 is 0 Å². The van der Waals surface area contributed by atoms with Gasteiger partial charge in [-0.1, -0.05) is 12.2 Å². The Hall–Kier alpha value is -1.58. The maximum atomic E-state index is 11.5. The summed E-state index contributed by atoms with van der Waals surface area (Å²) in [6.45, 7) is 0. The fraction of sp³-hybridized carbons (Fsp3) is 0.600. The Morgan fingerprint density at radius 1 is 1.16 bits per heavy atom. The topological polar surface area (TPSA) is 63.6 Å². The van der Waals surface area contributed by atoms with Crippen LogP contribution in [0.2, 0.25) is 0 Å². The van der Waals surface area contributed by atoms with E-state index in [1.54, 1.807) is 0 Å². The number of ether oxygens (including phenoxy) is 1. The minimum Gasteiger partial charge on any atom is -0.478 e. The van der Waals surface area contributed by atoms with Crippen LogP contribution in [-0.4, -0.2) is 23.1 Å². The predicted octanol–water partition coefficient (Wildman–Crippen LogP) is 2.16. The van der Waals surface area contributed by atoms with Crippen LogP contribution in [0.4, 0.5) is 0 Å². The van der Waals surface area contributed by atoms with E-state index in [2.05, 4.69) is 12.2 Å². The van der Waals surface area contributed by atoms with Crippen LogP contribution in [0, 0.1) is 23.7 Å². The van der Waals surface area contributed by atoms with Gasteiger partial charge in [-0.3, -0.25) is 0 Å². The first kappa shape index (κ1) is 12.5. The number of hydrogen-bond acceptors (Lipinski definition) is 3. The normalized spacial score (nSPS) is 39.5. The molecule has 102 valence electrons. The van der Waals surface area contributed by atoms with Crippen molar-refractivity contribution in [3.8, 4) is 0 Å². The van der Waals surface area contributed by atoms with E-state index in [0.717, 1.165) is 30.9 Å². The third kappa shape index (κ3) is 2.44. The number of hydrogen-bond donors (Lipinski definition) is 1. The van der Waals surface area contributed by atoms with Gasteiger partial charge in [-0.05, 0) is 49.4 Å². The van der Waals surface area contributed by atoms with Gasteiger partial charge in [0.2, 0.25) is 0 Å². The number of fused-ring (bicyclic) bond motifs is 5. The lowest BCUT2D eigenvalue weighted by atomic mass is 9.84. The molecule has 3 aliphatic rings. The number of carboxylic acid groups (broad SMARTS) is 1. The minimum absolute atomic E-state index is 0.0336. The highest BCUT2D eigenvalue weighted by Crippen LogP contribution is 2.54. The van der Waals surface area contributed by atoms with Gasteiger partial charge >= 0.3 is 11.9 Å². The van der Waals surface area contributed by atoms with Crippen molar-refractivity contribution >= 4 is 11.9 Å². The first-order valence-corrected chi connectivity index (χ1v) is 6.92. The Bertz CT molecular complexity index is 451. The van der Waals surface area contributed by atoms with Crippen molar-refractivity contribution in [3.05, 3.63) is 24.3 Å². The first-order chi connectivity index (χ1) is 9.13. The van der Waals surface area contributed by atoms with Crippen LogP contribution in [0.5, 0.6) is 0 Å². The molecule has 1 N–H and O–H groups in total. The summed E-state index contributed by atoms with van der Waals surface area (Å²) in [5.74, 6) is 1.09. The Labute approximate surface area is 112 Å². The van der Waals surface area contributed by atoms with E-state index < -0.39 is 11.9 Å². The Morgan fingerprint density at radius 2 is 1.95 bits per heavy atom. The largest absolute Gasteiger partial charge is 0.478 e. The molecule has 0 saturated heterocycles. The first-order valence-electron chi connectivity index (χ1n) is 6.92. The monoisotopic (exact) mass is 262 g/mol. The molecule has 0 heterocycles. The zero-order chi connectivity index (χ0) is 13.4. The third-order valence-electron chi connectivity index (χ3n) is 4.79. The van der Waals surface area contributed by atoms with E-state index in [1.807, 2.05) is 0 Å². The molecule has 19 heavy (non-hydrogen) atoms. The number of aliphatic carboxylic acids is 1. The Morgan fingerprint density at radius 3 is 2.74 bits per heavy atom. The number of carbonyl (C=O) groups is 2. The van der Waals surface area contributed by atoms with E-state index in [9.17, 15) is 9.59 Å². The van der Waals surface area contributed by atoms with Crippen molar-refractivity contribution in [3.63, 3.8) is 0 Å². The maximum absolute atomic E-state index is 11.5. The summed E-state index contributed by atoms with van der Waals surface area (Å²) in [7, 11) is 0. The van der Waals surface area contributed by atoms with Gasteiger partial charge in [0.15, 0.2) is 0 Å². The third-order valence-corrected chi connectivity index (χ3v) is 4.79. The molecule has 2 saturated carbocycles. The predicted molar refractivity (Wildman–Crippen MR) is 68.2 cm³/mol. The fourth-order valence-electron chi connectivity index (χ4n) is 4.16. The van der Waals surface area contributed by atoms with Crippen LogP contribution in [0.15, 0.2) is 24.3 Å². The van der Waals surface area contributed by atoms with Gasteiger partial charge in [0.1, 0.15) is 6.10 Å². The van der Waals surface area contributed by atoms with E-state index in [0.29, 0.717) is 17.8 Å². The van der Waals surface area contributed by atoms with Crippen LogP contribution in [0.1, 0.15) is 25.7 Å². The summed E-state index contributed by atoms with van der Waals surface area (Å²) in [5, 5.41) is 8.47. The van der Waals surface area contributed by atoms with Gasteiger partial charge < -0.3 is 9.84 Å². The second-order valence-corrected chi connectivity index (χ2v) is 5.86. The lowest BCUT2D eigenvalue weighted by molar-refractivity contribution is -0.146. The lowest BCUT2D eigenvalue weighted by Gasteiger charge is -2.28. The molecule has 0 amide bonds. The van der Waals surface area contributed by atoms with E-state index in [4.69, 9.17) is 9.84 Å². The van der Waals surface area contributed by atoms with Crippen LogP contribution in [0.3, 0.4) is 0 Å². The molecule has 3 aliphatic carbocycles. The SMILES string of the molecule is O=C(O)C=CC(=O)OC1CC2CC(C1)C1CC=CC21. The second kappa shape index (κ2) is 4.83. The highest BCUT2D eigenvalue weighted by atomic mass is 16.5. The highest BCUT2D eigenvalue weighted by Gasteiger charge is 2.48. The molecular formula is C15H18O4. The number of rotatable bonds is 3. The van der Waals surface area contributed by atoms with Crippen LogP contribution in [0.25, 0.3) is 0 Å². The number of allylic oxidation sites excluding steroid dienone is 2. The number of carboxylic acids is 1. The summed E-state index contributed by atoms with van der Waals surface area (Å²) in [6, 6.07) is 0. The molecule has 0 aromatic heterocycles. The lowest BCUT2D eigenvalue weighted by Crippen LogP contribution is -2.27. The van der Waals surface area contributed by atoms with Crippen LogP contribution < -0.4 is 0 Å². The average Bonchev–Trinajstić information content (AvgIpc) is 2.92. The van der Waals surface area contributed by atoms with E-state index in [-0.39, 0.29) is 6.10 Å². The molecule has 2 bridgehead atoms. The quantitative estimate of drug-likeness (QED) is 0.481. The van der Waals surface area contributed by atoms with Crippen molar-refractivity contribution in [2.45, 2.75) is 31.8 Å². The minimum atomic E-state index is -1.12. The molecular weight excluding hydrogens is 244 g/mol. The van der Waals surface area contributed by atoms with E-state index in [1.165, 1.54) is 12.8 Å². The second-order valence-electron chi connectivity index (χ2n) is 5.86. The standard InChI is InChI=1S/C15H18O4/c16-14(17)4-5-15(18)19-11-7-9-6-10(8-11)13-3-1-2-12(9)13/h1-2,4-5,9-13H,3,6-8H2,(H,16,17). The Balaban J connectivity index is 1.59. The van der Waals surface area contributed by atoms with Gasteiger partial charge in [0.25, 0.3) is 0 Å².